The van der Waals surface area contributed by atoms with E-state index in [1.165, 1.54) is 0 Å². The summed E-state index contributed by atoms with van der Waals surface area (Å²) in [6.45, 7) is 1.06. The van der Waals surface area contributed by atoms with Gasteiger partial charge in [0.1, 0.15) is 11.9 Å². The third-order valence-electron chi connectivity index (χ3n) is 2.55. The summed E-state index contributed by atoms with van der Waals surface area (Å²) >= 11 is 0. The van der Waals surface area contributed by atoms with Gasteiger partial charge in [-0.15, -0.1) is 0 Å². The van der Waals surface area contributed by atoms with Crippen LogP contribution in [0.25, 0.3) is 0 Å². The van der Waals surface area contributed by atoms with Crippen molar-refractivity contribution in [2.45, 2.75) is 12.6 Å². The van der Waals surface area contributed by atoms with Gasteiger partial charge in [-0.25, -0.2) is 4.98 Å². The summed E-state index contributed by atoms with van der Waals surface area (Å²) in [5, 5.41) is 12.9. The van der Waals surface area contributed by atoms with Crippen molar-refractivity contribution in [3.8, 4) is 5.88 Å². The fraction of sp³-hybridized carbons (Fsp3) is 0.308. The lowest BCUT2D eigenvalue weighted by Crippen LogP contribution is -2.20. The molecule has 0 aliphatic heterocycles. The number of ether oxygens (including phenoxy) is 1. The summed E-state index contributed by atoms with van der Waals surface area (Å²) in [6, 6.07) is 7.24. The van der Waals surface area contributed by atoms with Crippen LogP contribution in [0.4, 0.5) is 0 Å². The fourth-order valence-electron chi connectivity index (χ4n) is 1.57. The van der Waals surface area contributed by atoms with E-state index in [1.807, 2.05) is 6.07 Å². The van der Waals surface area contributed by atoms with Crippen molar-refractivity contribution in [1.29, 1.82) is 0 Å². The Balaban J connectivity index is 1.77. The zero-order valence-corrected chi connectivity index (χ0v) is 10.2. The Bertz CT molecular complexity index is 454. The van der Waals surface area contributed by atoms with Crippen LogP contribution in [-0.2, 0) is 6.54 Å². The predicted molar refractivity (Wildman–Crippen MR) is 66.2 cm³/mol. The quantitative estimate of drug-likeness (QED) is 0.811. The van der Waals surface area contributed by atoms with E-state index in [0.717, 1.165) is 5.56 Å². The number of pyridine rings is 1. The lowest BCUT2D eigenvalue weighted by Gasteiger charge is -2.09. The van der Waals surface area contributed by atoms with Crippen LogP contribution in [0.2, 0.25) is 0 Å². The first kappa shape index (κ1) is 12.6. The first-order valence-electron chi connectivity index (χ1n) is 5.70. The fourth-order valence-corrected chi connectivity index (χ4v) is 1.57. The van der Waals surface area contributed by atoms with Crippen LogP contribution in [0.15, 0.2) is 41.1 Å². The van der Waals surface area contributed by atoms with Gasteiger partial charge in [-0.1, -0.05) is 6.07 Å². The summed E-state index contributed by atoms with van der Waals surface area (Å²) in [5.41, 5.74) is 1.03. The van der Waals surface area contributed by atoms with Crippen molar-refractivity contribution in [3.05, 3.63) is 48.0 Å². The molecule has 1 unspecified atom stereocenters. The number of hydrogen-bond donors (Lipinski definition) is 2. The summed E-state index contributed by atoms with van der Waals surface area (Å²) < 4.78 is 10.1. The van der Waals surface area contributed by atoms with Gasteiger partial charge in [0.25, 0.3) is 0 Å². The van der Waals surface area contributed by atoms with E-state index in [1.54, 1.807) is 37.8 Å². The van der Waals surface area contributed by atoms with Gasteiger partial charge in [0.2, 0.25) is 5.88 Å². The van der Waals surface area contributed by atoms with E-state index in [9.17, 15) is 5.11 Å². The lowest BCUT2D eigenvalue weighted by atomic mass is 10.2. The van der Waals surface area contributed by atoms with Crippen molar-refractivity contribution in [1.82, 2.24) is 10.3 Å². The second-order valence-corrected chi connectivity index (χ2v) is 3.87. The van der Waals surface area contributed by atoms with Crippen LogP contribution in [0.3, 0.4) is 0 Å². The Morgan fingerprint density at radius 3 is 2.94 bits per heavy atom. The average molecular weight is 248 g/mol. The smallest absolute Gasteiger partial charge is 0.212 e. The van der Waals surface area contributed by atoms with Crippen molar-refractivity contribution in [2.24, 2.45) is 0 Å². The molecule has 0 aliphatic carbocycles. The molecule has 0 bridgehead atoms. The maximum atomic E-state index is 9.78. The van der Waals surface area contributed by atoms with Crippen molar-refractivity contribution >= 4 is 0 Å². The molecule has 96 valence electrons. The third-order valence-corrected chi connectivity index (χ3v) is 2.55. The molecule has 2 aromatic heterocycles. The van der Waals surface area contributed by atoms with Crippen LogP contribution in [-0.4, -0.2) is 23.7 Å². The number of aliphatic hydroxyl groups excluding tert-OH is 1. The van der Waals surface area contributed by atoms with E-state index in [-0.39, 0.29) is 0 Å². The van der Waals surface area contributed by atoms with Gasteiger partial charge in [-0.05, 0) is 17.7 Å². The largest absolute Gasteiger partial charge is 0.481 e. The maximum absolute atomic E-state index is 9.78. The molecule has 2 aromatic rings. The Morgan fingerprint density at radius 1 is 1.44 bits per heavy atom. The van der Waals surface area contributed by atoms with E-state index in [0.29, 0.717) is 24.7 Å². The number of rotatable bonds is 6. The van der Waals surface area contributed by atoms with Crippen molar-refractivity contribution in [3.63, 3.8) is 0 Å². The predicted octanol–water partition coefficient (Wildman–Crippen LogP) is 1.51. The Hall–Kier alpha value is -1.85. The molecule has 0 fully saturated rings. The molecule has 0 radical (unpaired) electrons. The third kappa shape index (κ3) is 3.32. The first-order valence-corrected chi connectivity index (χ1v) is 5.70. The average Bonchev–Trinajstić information content (AvgIpc) is 2.93. The zero-order chi connectivity index (χ0) is 12.8. The highest BCUT2D eigenvalue weighted by Gasteiger charge is 2.09. The Labute approximate surface area is 105 Å². The molecule has 5 heteroatoms. The van der Waals surface area contributed by atoms with E-state index >= 15 is 0 Å². The standard InChI is InChI=1S/C13H16N2O3/c1-17-13-5-4-10(8-15-13)7-14-9-11(16)12-3-2-6-18-12/h2-6,8,11,14,16H,7,9H2,1H3. The van der Waals surface area contributed by atoms with Crippen LogP contribution in [0.5, 0.6) is 5.88 Å². The molecule has 18 heavy (non-hydrogen) atoms. The Kier molecular flexibility index (Phi) is 4.33. The summed E-state index contributed by atoms with van der Waals surface area (Å²) in [7, 11) is 1.58. The van der Waals surface area contributed by atoms with Crippen LogP contribution >= 0.6 is 0 Å². The van der Waals surface area contributed by atoms with Gasteiger partial charge in [-0.3, -0.25) is 0 Å². The first-order chi connectivity index (χ1) is 8.79. The molecular weight excluding hydrogens is 232 g/mol. The highest BCUT2D eigenvalue weighted by molar-refractivity contribution is 5.17. The van der Waals surface area contributed by atoms with Gasteiger partial charge in [0, 0.05) is 25.4 Å². The molecule has 2 rings (SSSR count). The highest BCUT2D eigenvalue weighted by atomic mass is 16.5. The molecule has 0 aromatic carbocycles. The second kappa shape index (κ2) is 6.18. The number of aliphatic hydroxyl groups is 1. The molecule has 0 amide bonds. The molecule has 2 N–H and O–H groups in total. The second-order valence-electron chi connectivity index (χ2n) is 3.87. The molecule has 1 atom stereocenters. The molecule has 0 saturated heterocycles. The number of nitrogens with zero attached hydrogens (tertiary/aromatic N) is 1. The van der Waals surface area contributed by atoms with E-state index in [2.05, 4.69) is 10.3 Å². The lowest BCUT2D eigenvalue weighted by molar-refractivity contribution is 0.147. The van der Waals surface area contributed by atoms with Gasteiger partial charge >= 0.3 is 0 Å². The summed E-state index contributed by atoms with van der Waals surface area (Å²) in [6.07, 6.45) is 2.66. The molecule has 2 heterocycles. The highest BCUT2D eigenvalue weighted by Crippen LogP contribution is 2.12. The molecule has 0 aliphatic rings. The van der Waals surface area contributed by atoms with Crippen LogP contribution < -0.4 is 10.1 Å². The van der Waals surface area contributed by atoms with E-state index in [4.69, 9.17) is 9.15 Å². The van der Waals surface area contributed by atoms with Crippen LogP contribution in [0.1, 0.15) is 17.4 Å². The van der Waals surface area contributed by atoms with Gasteiger partial charge in [0.15, 0.2) is 0 Å². The normalized spacial score (nSPS) is 12.3. The number of nitrogens with one attached hydrogen (secondary N) is 1. The number of hydrogen-bond acceptors (Lipinski definition) is 5. The molecule has 0 spiro atoms. The Morgan fingerprint density at radius 2 is 2.33 bits per heavy atom. The van der Waals surface area contributed by atoms with Gasteiger partial charge in [0.05, 0.1) is 13.4 Å². The molecule has 5 nitrogen and oxygen atoms in total. The molecule has 0 saturated carbocycles. The van der Waals surface area contributed by atoms with Crippen molar-refractivity contribution < 1.29 is 14.3 Å². The minimum absolute atomic E-state index is 0.430. The zero-order valence-electron chi connectivity index (χ0n) is 10.2. The topological polar surface area (TPSA) is 67.5 Å². The van der Waals surface area contributed by atoms with E-state index < -0.39 is 6.10 Å². The summed E-state index contributed by atoms with van der Waals surface area (Å²) in [5.74, 6) is 1.16. The molecular formula is C13H16N2O3. The minimum atomic E-state index is -0.633. The minimum Gasteiger partial charge on any atom is -0.481 e. The summed E-state index contributed by atoms with van der Waals surface area (Å²) in [4.78, 5) is 4.10. The van der Waals surface area contributed by atoms with Crippen LogP contribution in [0, 0.1) is 0 Å². The SMILES string of the molecule is COc1ccc(CNCC(O)c2ccco2)cn1. The van der Waals surface area contributed by atoms with Gasteiger partial charge < -0.3 is 19.6 Å². The number of furan rings is 1. The number of aromatic nitrogens is 1. The van der Waals surface area contributed by atoms with Crippen molar-refractivity contribution in [2.75, 3.05) is 13.7 Å². The maximum Gasteiger partial charge on any atom is 0.212 e. The van der Waals surface area contributed by atoms with Gasteiger partial charge in [-0.2, -0.15) is 0 Å². The monoisotopic (exact) mass is 248 g/mol. The number of methoxy groups -OCH3 is 1.